The second-order valence-corrected chi connectivity index (χ2v) is 4.57. The Labute approximate surface area is 100 Å². The van der Waals surface area contributed by atoms with E-state index in [1.807, 2.05) is 18.3 Å². The van der Waals surface area contributed by atoms with Crippen LogP contribution in [0, 0.1) is 5.82 Å². The minimum absolute atomic E-state index is 0.0813. The minimum atomic E-state index is -0.0813. The fourth-order valence-electron chi connectivity index (χ4n) is 2.71. The number of hydrogen-bond donors (Lipinski definition) is 0. The molecule has 1 aliphatic rings. The predicted octanol–water partition coefficient (Wildman–Crippen LogP) is 3.47. The lowest BCUT2D eigenvalue weighted by Crippen LogP contribution is -2.01. The van der Waals surface area contributed by atoms with Crippen LogP contribution in [0.5, 0.6) is 0 Å². The summed E-state index contributed by atoms with van der Waals surface area (Å²) in [6, 6.07) is 9.44. The van der Waals surface area contributed by atoms with Crippen LogP contribution in [0.2, 0.25) is 0 Å². The van der Waals surface area contributed by atoms with Gasteiger partial charge in [-0.1, -0.05) is 25.1 Å². The van der Waals surface area contributed by atoms with Gasteiger partial charge in [-0.2, -0.15) is 0 Å². The number of hydrogen-bond acceptors (Lipinski definition) is 1. The van der Waals surface area contributed by atoms with Crippen LogP contribution in [-0.4, -0.2) is 4.98 Å². The van der Waals surface area contributed by atoms with Crippen molar-refractivity contribution >= 4 is 0 Å². The molecule has 0 saturated heterocycles. The van der Waals surface area contributed by atoms with E-state index in [0.717, 1.165) is 29.7 Å². The Morgan fingerprint density at radius 1 is 1.12 bits per heavy atom. The molecule has 0 fully saturated rings. The average Bonchev–Trinajstić information content (AvgIpc) is 2.50. The van der Waals surface area contributed by atoms with Gasteiger partial charge < -0.3 is 0 Å². The molecule has 0 N–H and O–H groups in total. The van der Waals surface area contributed by atoms with Crippen molar-refractivity contribution in [1.29, 1.82) is 0 Å². The number of pyridine rings is 1. The van der Waals surface area contributed by atoms with Gasteiger partial charge >= 0.3 is 0 Å². The number of halogens is 1. The van der Waals surface area contributed by atoms with Crippen molar-refractivity contribution in [3.8, 4) is 0 Å². The first-order valence-electron chi connectivity index (χ1n) is 5.98. The molecule has 86 valence electrons. The van der Waals surface area contributed by atoms with E-state index in [-0.39, 0.29) is 11.7 Å². The lowest BCUT2D eigenvalue weighted by atomic mass is 9.91. The van der Waals surface area contributed by atoms with Crippen LogP contribution in [0.3, 0.4) is 0 Å². The highest BCUT2D eigenvalue weighted by molar-refractivity contribution is 5.42. The smallest absolute Gasteiger partial charge is 0.126 e. The van der Waals surface area contributed by atoms with Crippen LogP contribution < -0.4 is 0 Å². The van der Waals surface area contributed by atoms with Crippen molar-refractivity contribution < 1.29 is 4.39 Å². The van der Waals surface area contributed by atoms with Gasteiger partial charge in [0, 0.05) is 17.8 Å². The Morgan fingerprint density at radius 2 is 1.94 bits per heavy atom. The fourth-order valence-corrected chi connectivity index (χ4v) is 2.71. The van der Waals surface area contributed by atoms with Crippen LogP contribution in [0.15, 0.2) is 36.5 Å². The predicted molar refractivity (Wildman–Crippen MR) is 65.6 cm³/mol. The van der Waals surface area contributed by atoms with Crippen molar-refractivity contribution in [2.75, 3.05) is 0 Å². The van der Waals surface area contributed by atoms with Crippen LogP contribution >= 0.6 is 0 Å². The summed E-state index contributed by atoms with van der Waals surface area (Å²) in [7, 11) is 0. The van der Waals surface area contributed by atoms with Gasteiger partial charge in [-0.15, -0.1) is 0 Å². The third-order valence-electron chi connectivity index (χ3n) is 3.63. The topological polar surface area (TPSA) is 12.9 Å². The van der Waals surface area contributed by atoms with Gasteiger partial charge in [-0.05, 0) is 41.7 Å². The van der Waals surface area contributed by atoms with Gasteiger partial charge in [0.15, 0.2) is 0 Å². The highest BCUT2D eigenvalue weighted by Crippen LogP contribution is 2.33. The molecule has 0 spiro atoms. The van der Waals surface area contributed by atoms with Crippen molar-refractivity contribution in [2.45, 2.75) is 25.7 Å². The first-order valence-corrected chi connectivity index (χ1v) is 5.98. The summed E-state index contributed by atoms with van der Waals surface area (Å²) in [6.07, 6.45) is 3.39. The number of aryl methyl sites for hydroxylation is 1. The van der Waals surface area contributed by atoms with E-state index in [0.29, 0.717) is 0 Å². The summed E-state index contributed by atoms with van der Waals surface area (Å²) in [6.45, 7) is 2.13. The first-order chi connectivity index (χ1) is 8.27. The first kappa shape index (κ1) is 10.5. The normalized spacial score (nSPS) is 18.1. The van der Waals surface area contributed by atoms with E-state index in [2.05, 4.69) is 18.0 Å². The zero-order chi connectivity index (χ0) is 11.8. The van der Waals surface area contributed by atoms with Gasteiger partial charge in [0.05, 0.1) is 0 Å². The molecule has 1 atom stereocenters. The summed E-state index contributed by atoms with van der Waals surface area (Å²) in [5.41, 5.74) is 4.31. The summed E-state index contributed by atoms with van der Waals surface area (Å²) >= 11 is 0. The zero-order valence-electron chi connectivity index (χ0n) is 9.78. The van der Waals surface area contributed by atoms with E-state index in [1.54, 1.807) is 12.1 Å². The van der Waals surface area contributed by atoms with Gasteiger partial charge in [0.25, 0.3) is 0 Å². The third-order valence-corrected chi connectivity index (χ3v) is 3.63. The molecule has 0 radical (unpaired) electrons. The second-order valence-electron chi connectivity index (χ2n) is 4.57. The maximum atomic E-state index is 13.8. The molecular weight excluding hydrogens is 213 g/mol. The number of aromatic nitrogens is 1. The lowest BCUT2D eigenvalue weighted by molar-refractivity contribution is 0.605. The Hall–Kier alpha value is -1.70. The summed E-state index contributed by atoms with van der Waals surface area (Å²) < 4.78 is 13.8. The molecular formula is C15H14FN. The Bertz CT molecular complexity index is 563. The van der Waals surface area contributed by atoms with E-state index < -0.39 is 0 Å². The number of rotatable bonds is 0. The highest BCUT2D eigenvalue weighted by Gasteiger charge is 2.22. The van der Waals surface area contributed by atoms with E-state index in [9.17, 15) is 4.39 Å². The SMILES string of the molecule is CC1c2cccnc2CCc2c(F)cccc21. The zero-order valence-corrected chi connectivity index (χ0v) is 9.78. The van der Waals surface area contributed by atoms with Gasteiger partial charge in [-0.25, -0.2) is 4.39 Å². The molecule has 17 heavy (non-hydrogen) atoms. The Balaban J connectivity index is 2.20. The number of nitrogens with zero attached hydrogens (tertiary/aromatic N) is 1. The van der Waals surface area contributed by atoms with E-state index >= 15 is 0 Å². The minimum Gasteiger partial charge on any atom is -0.261 e. The molecule has 2 heteroatoms. The van der Waals surface area contributed by atoms with E-state index in [4.69, 9.17) is 0 Å². The van der Waals surface area contributed by atoms with Crippen LogP contribution in [0.1, 0.15) is 35.2 Å². The molecule has 1 nitrogen and oxygen atoms in total. The molecule has 3 rings (SSSR count). The molecule has 1 aromatic carbocycles. The standard InChI is InChI=1S/C15H14FN/c1-10-11-4-2-6-14(16)13(11)7-8-15-12(10)5-3-9-17-15/h2-6,9-10H,7-8H2,1H3. The largest absolute Gasteiger partial charge is 0.261 e. The molecule has 1 aromatic heterocycles. The monoisotopic (exact) mass is 227 g/mol. The maximum Gasteiger partial charge on any atom is 0.126 e. The Kier molecular flexibility index (Phi) is 2.43. The molecule has 1 aliphatic carbocycles. The average molecular weight is 227 g/mol. The van der Waals surface area contributed by atoms with Crippen LogP contribution in [0.4, 0.5) is 4.39 Å². The van der Waals surface area contributed by atoms with Crippen molar-refractivity contribution in [1.82, 2.24) is 4.98 Å². The summed E-state index contributed by atoms with van der Waals surface area (Å²) in [5, 5.41) is 0. The molecule has 1 unspecified atom stereocenters. The quantitative estimate of drug-likeness (QED) is 0.671. The van der Waals surface area contributed by atoms with E-state index in [1.165, 1.54) is 5.56 Å². The highest BCUT2D eigenvalue weighted by atomic mass is 19.1. The molecule has 0 saturated carbocycles. The van der Waals surface area contributed by atoms with Crippen molar-refractivity contribution in [3.63, 3.8) is 0 Å². The number of benzene rings is 1. The van der Waals surface area contributed by atoms with Gasteiger partial charge in [0.2, 0.25) is 0 Å². The van der Waals surface area contributed by atoms with Gasteiger partial charge in [-0.3, -0.25) is 4.98 Å². The summed E-state index contributed by atoms with van der Waals surface area (Å²) in [4.78, 5) is 4.42. The third kappa shape index (κ3) is 1.64. The fraction of sp³-hybridized carbons (Fsp3) is 0.267. The second kappa shape index (κ2) is 3.95. The molecule has 0 aliphatic heterocycles. The Morgan fingerprint density at radius 3 is 2.82 bits per heavy atom. The number of fused-ring (bicyclic) bond motifs is 2. The van der Waals surface area contributed by atoms with Crippen LogP contribution in [-0.2, 0) is 12.8 Å². The lowest BCUT2D eigenvalue weighted by Gasteiger charge is -2.14. The molecule has 0 amide bonds. The van der Waals surface area contributed by atoms with Gasteiger partial charge in [0.1, 0.15) is 5.82 Å². The van der Waals surface area contributed by atoms with Crippen molar-refractivity contribution in [3.05, 3.63) is 64.7 Å². The summed E-state index contributed by atoms with van der Waals surface area (Å²) in [5.74, 6) is 0.147. The van der Waals surface area contributed by atoms with Crippen LogP contribution in [0.25, 0.3) is 0 Å². The molecule has 2 aromatic rings. The molecule has 0 bridgehead atoms. The molecule has 1 heterocycles. The maximum absolute atomic E-state index is 13.8. The van der Waals surface area contributed by atoms with Crippen molar-refractivity contribution in [2.24, 2.45) is 0 Å².